The Labute approximate surface area is 160 Å². The molecule has 0 atom stereocenters. The van der Waals surface area contributed by atoms with E-state index in [1.165, 1.54) is 21.8 Å². The number of nitrogens with zero attached hydrogens (tertiary/aromatic N) is 3. The predicted molar refractivity (Wildman–Crippen MR) is 112 cm³/mol. The van der Waals surface area contributed by atoms with Crippen molar-refractivity contribution >= 4 is 23.4 Å². The lowest BCUT2D eigenvalue weighted by molar-refractivity contribution is 0.376. The smallest absolute Gasteiger partial charge is 0.193 e. The first-order valence-electron chi connectivity index (χ1n) is 9.42. The summed E-state index contributed by atoms with van der Waals surface area (Å²) in [7, 11) is 1.87. The minimum absolute atomic E-state index is 0.878. The Kier molecular flexibility index (Phi) is 6.83. The number of rotatable bonds is 5. The van der Waals surface area contributed by atoms with Crippen LogP contribution < -0.4 is 5.32 Å². The van der Waals surface area contributed by atoms with Crippen molar-refractivity contribution in [1.82, 2.24) is 15.2 Å². The standard InChI is InChI=1S/C21H28N4S/c1-3-20-24-19(16-26-20)9-12-23-21(22-2)25-13-10-18(11-14-25)15-17-7-5-4-6-8-17/h4-8,15-16H,3,9-14H2,1-2H3,(H,22,23). The summed E-state index contributed by atoms with van der Waals surface area (Å²) >= 11 is 1.76. The molecule has 1 N–H and O–H groups in total. The molecule has 1 aromatic carbocycles. The maximum atomic E-state index is 4.63. The molecule has 1 aliphatic heterocycles. The number of aromatic nitrogens is 1. The van der Waals surface area contributed by atoms with Crippen LogP contribution in [0.5, 0.6) is 0 Å². The van der Waals surface area contributed by atoms with Crippen LogP contribution >= 0.6 is 11.3 Å². The summed E-state index contributed by atoms with van der Waals surface area (Å²) < 4.78 is 0. The van der Waals surface area contributed by atoms with Crippen LogP contribution in [0.25, 0.3) is 6.08 Å². The molecule has 0 spiro atoms. The van der Waals surface area contributed by atoms with Gasteiger partial charge in [-0.1, -0.05) is 48.9 Å². The molecule has 2 aromatic rings. The molecule has 0 unspecified atom stereocenters. The highest BCUT2D eigenvalue weighted by Gasteiger charge is 2.17. The summed E-state index contributed by atoms with van der Waals surface area (Å²) in [5, 5.41) is 6.89. The Morgan fingerprint density at radius 3 is 2.69 bits per heavy atom. The first kappa shape index (κ1) is 18.6. The highest BCUT2D eigenvalue weighted by molar-refractivity contribution is 7.09. The fraction of sp³-hybridized carbons (Fsp3) is 0.429. The van der Waals surface area contributed by atoms with Crippen molar-refractivity contribution in [3.8, 4) is 0 Å². The molecular weight excluding hydrogens is 340 g/mol. The van der Waals surface area contributed by atoms with Crippen LogP contribution in [-0.2, 0) is 12.8 Å². The first-order valence-corrected chi connectivity index (χ1v) is 10.3. The number of hydrogen-bond acceptors (Lipinski definition) is 3. The lowest BCUT2D eigenvalue weighted by atomic mass is 10.0. The van der Waals surface area contributed by atoms with Crippen molar-refractivity contribution in [3.05, 3.63) is 57.6 Å². The number of aliphatic imine (C=N–C) groups is 1. The molecule has 0 saturated carbocycles. The zero-order valence-corrected chi connectivity index (χ0v) is 16.6. The summed E-state index contributed by atoms with van der Waals surface area (Å²) in [5.74, 6) is 1.01. The van der Waals surface area contributed by atoms with Crippen LogP contribution in [-0.4, -0.2) is 42.5 Å². The van der Waals surface area contributed by atoms with Crippen LogP contribution in [0.2, 0.25) is 0 Å². The Bertz CT molecular complexity index is 738. The molecule has 1 fully saturated rings. The zero-order chi connectivity index (χ0) is 18.2. The Morgan fingerprint density at radius 2 is 2.04 bits per heavy atom. The lowest BCUT2D eigenvalue weighted by Gasteiger charge is -2.31. The molecule has 1 saturated heterocycles. The van der Waals surface area contributed by atoms with E-state index in [9.17, 15) is 0 Å². The van der Waals surface area contributed by atoms with Gasteiger partial charge in [-0.05, 0) is 24.8 Å². The molecule has 0 aliphatic carbocycles. The average Bonchev–Trinajstić information content (AvgIpc) is 3.15. The highest BCUT2D eigenvalue weighted by Crippen LogP contribution is 2.19. The summed E-state index contributed by atoms with van der Waals surface area (Å²) in [4.78, 5) is 11.5. The maximum absolute atomic E-state index is 4.63. The average molecular weight is 369 g/mol. The number of thiazole rings is 1. The van der Waals surface area contributed by atoms with Gasteiger partial charge in [-0.2, -0.15) is 0 Å². The molecule has 1 aromatic heterocycles. The summed E-state index contributed by atoms with van der Waals surface area (Å²) in [6, 6.07) is 10.6. The van der Waals surface area contributed by atoms with E-state index in [4.69, 9.17) is 0 Å². The summed E-state index contributed by atoms with van der Waals surface area (Å²) in [6.45, 7) is 5.08. The fourth-order valence-electron chi connectivity index (χ4n) is 3.20. The fourth-order valence-corrected chi connectivity index (χ4v) is 3.98. The van der Waals surface area contributed by atoms with E-state index in [0.29, 0.717) is 0 Å². The predicted octanol–water partition coefficient (Wildman–Crippen LogP) is 4.00. The van der Waals surface area contributed by atoms with Crippen molar-refractivity contribution in [2.75, 3.05) is 26.7 Å². The van der Waals surface area contributed by atoms with E-state index >= 15 is 0 Å². The van der Waals surface area contributed by atoms with E-state index in [1.807, 2.05) is 7.05 Å². The van der Waals surface area contributed by atoms with Crippen molar-refractivity contribution in [3.63, 3.8) is 0 Å². The molecule has 26 heavy (non-hydrogen) atoms. The number of piperidine rings is 1. The first-order chi connectivity index (χ1) is 12.8. The van der Waals surface area contributed by atoms with Gasteiger partial charge in [0.1, 0.15) is 0 Å². The topological polar surface area (TPSA) is 40.5 Å². The van der Waals surface area contributed by atoms with Gasteiger partial charge in [0.25, 0.3) is 0 Å². The molecule has 0 radical (unpaired) electrons. The van der Waals surface area contributed by atoms with E-state index in [-0.39, 0.29) is 0 Å². The highest BCUT2D eigenvalue weighted by atomic mass is 32.1. The Balaban J connectivity index is 1.47. The monoisotopic (exact) mass is 368 g/mol. The van der Waals surface area contributed by atoms with Gasteiger partial charge in [0.2, 0.25) is 0 Å². The van der Waals surface area contributed by atoms with Gasteiger partial charge in [0, 0.05) is 38.5 Å². The van der Waals surface area contributed by atoms with Crippen LogP contribution in [0.4, 0.5) is 0 Å². The third-order valence-corrected chi connectivity index (χ3v) is 5.70. The maximum Gasteiger partial charge on any atom is 0.193 e. The van der Waals surface area contributed by atoms with Gasteiger partial charge in [-0.3, -0.25) is 4.99 Å². The normalized spacial score (nSPS) is 15.2. The molecule has 4 nitrogen and oxygen atoms in total. The Hall–Kier alpha value is -2.14. The number of benzene rings is 1. The van der Waals surface area contributed by atoms with Crippen LogP contribution in [0.1, 0.15) is 36.0 Å². The number of nitrogens with one attached hydrogen (secondary N) is 1. The van der Waals surface area contributed by atoms with Gasteiger partial charge in [0.05, 0.1) is 10.7 Å². The third kappa shape index (κ3) is 5.18. The number of likely N-dealkylation sites (tertiary alicyclic amines) is 1. The third-order valence-electron chi connectivity index (χ3n) is 4.65. The van der Waals surface area contributed by atoms with Crippen LogP contribution in [0.3, 0.4) is 0 Å². The van der Waals surface area contributed by atoms with E-state index < -0.39 is 0 Å². The minimum Gasteiger partial charge on any atom is -0.356 e. The van der Waals surface area contributed by atoms with Crippen LogP contribution in [0, 0.1) is 0 Å². The second-order valence-electron chi connectivity index (χ2n) is 6.51. The van der Waals surface area contributed by atoms with E-state index in [2.05, 4.69) is 68.9 Å². The molecule has 0 bridgehead atoms. The molecule has 2 heterocycles. The van der Waals surface area contributed by atoms with Gasteiger partial charge in [0.15, 0.2) is 5.96 Å². The van der Waals surface area contributed by atoms with Crippen LogP contribution in [0.15, 0.2) is 46.3 Å². The lowest BCUT2D eigenvalue weighted by Crippen LogP contribution is -2.45. The van der Waals surface area contributed by atoms with Gasteiger partial charge in [-0.25, -0.2) is 4.98 Å². The SMILES string of the molecule is CCc1nc(CCNC(=NC)N2CCC(=Cc3ccccc3)CC2)cs1. The largest absolute Gasteiger partial charge is 0.356 e. The van der Waals surface area contributed by atoms with Crippen molar-refractivity contribution in [1.29, 1.82) is 0 Å². The van der Waals surface area contributed by atoms with Crippen molar-refractivity contribution < 1.29 is 0 Å². The quantitative estimate of drug-likeness (QED) is 0.640. The number of hydrogen-bond donors (Lipinski definition) is 1. The molecule has 138 valence electrons. The molecule has 3 rings (SSSR count). The molecular formula is C21H28N4S. The molecule has 5 heteroatoms. The summed E-state index contributed by atoms with van der Waals surface area (Å²) in [5.41, 5.74) is 4.01. The van der Waals surface area contributed by atoms with Gasteiger partial charge >= 0.3 is 0 Å². The van der Waals surface area contributed by atoms with E-state index in [1.54, 1.807) is 11.3 Å². The molecule has 1 aliphatic rings. The number of aryl methyl sites for hydroxylation is 1. The number of guanidine groups is 1. The second-order valence-corrected chi connectivity index (χ2v) is 7.45. The molecule has 0 amide bonds. The van der Waals surface area contributed by atoms with E-state index in [0.717, 1.165) is 51.3 Å². The van der Waals surface area contributed by atoms with Gasteiger partial charge in [-0.15, -0.1) is 11.3 Å². The Morgan fingerprint density at radius 1 is 1.27 bits per heavy atom. The minimum atomic E-state index is 0.878. The van der Waals surface area contributed by atoms with Gasteiger partial charge < -0.3 is 10.2 Å². The van der Waals surface area contributed by atoms with Crippen molar-refractivity contribution in [2.45, 2.75) is 32.6 Å². The van der Waals surface area contributed by atoms with Crippen molar-refractivity contribution in [2.24, 2.45) is 4.99 Å². The zero-order valence-electron chi connectivity index (χ0n) is 15.7. The second kappa shape index (κ2) is 9.53. The summed E-state index contributed by atoms with van der Waals surface area (Å²) in [6.07, 6.45) is 6.50.